The number of rotatable bonds is 6. The van der Waals surface area contributed by atoms with Crippen LogP contribution < -0.4 is 15.4 Å². The number of carbonyl (C=O) groups is 1. The Morgan fingerprint density at radius 1 is 1.40 bits per heavy atom. The number of ether oxygens (including phenoxy) is 1. The molecule has 1 unspecified atom stereocenters. The summed E-state index contributed by atoms with van der Waals surface area (Å²) in [5.74, 6) is 0.774. The number of alkyl halides is 3. The first kappa shape index (κ1) is 19.4. The van der Waals surface area contributed by atoms with Crippen molar-refractivity contribution < 1.29 is 22.7 Å². The summed E-state index contributed by atoms with van der Waals surface area (Å²) >= 11 is 0. The second-order valence-electron chi connectivity index (χ2n) is 6.25. The Morgan fingerprint density at radius 2 is 2.16 bits per heavy atom. The minimum atomic E-state index is -4.18. The van der Waals surface area contributed by atoms with Crippen molar-refractivity contribution in [1.29, 1.82) is 0 Å². The first-order chi connectivity index (χ1) is 11.8. The zero-order chi connectivity index (χ0) is 18.4. The average molecular weight is 359 g/mol. The van der Waals surface area contributed by atoms with Gasteiger partial charge < -0.3 is 15.4 Å². The number of anilines is 1. The Kier molecular flexibility index (Phi) is 6.52. The van der Waals surface area contributed by atoms with Crippen LogP contribution in [-0.4, -0.2) is 49.9 Å². The van der Waals surface area contributed by atoms with Crippen molar-refractivity contribution in [1.82, 2.24) is 10.2 Å². The molecular weight excluding hydrogens is 335 g/mol. The molecule has 1 aromatic carbocycles. The third kappa shape index (κ3) is 6.45. The lowest BCUT2D eigenvalue weighted by molar-refractivity contribution is -0.143. The molecule has 1 heterocycles. The van der Waals surface area contributed by atoms with Gasteiger partial charge in [0.25, 0.3) is 0 Å². The molecule has 2 amide bonds. The second-order valence-corrected chi connectivity index (χ2v) is 6.25. The number of amides is 2. The maximum absolute atomic E-state index is 12.4. The average Bonchev–Trinajstić information content (AvgIpc) is 2.94. The molecule has 25 heavy (non-hydrogen) atoms. The highest BCUT2D eigenvalue weighted by molar-refractivity contribution is 5.90. The molecule has 8 heteroatoms. The van der Waals surface area contributed by atoms with E-state index in [4.69, 9.17) is 4.74 Å². The van der Waals surface area contributed by atoms with E-state index in [1.54, 1.807) is 12.1 Å². The molecule has 1 aromatic rings. The zero-order valence-electron chi connectivity index (χ0n) is 14.4. The summed E-state index contributed by atoms with van der Waals surface area (Å²) in [6.07, 6.45) is -3.52. The van der Waals surface area contributed by atoms with Gasteiger partial charge in [0.05, 0.1) is 13.2 Å². The number of nitrogens with zero attached hydrogens (tertiary/aromatic N) is 1. The van der Waals surface area contributed by atoms with Gasteiger partial charge in [-0.3, -0.25) is 4.90 Å². The highest BCUT2D eigenvalue weighted by atomic mass is 19.4. The number of hydrogen-bond donors (Lipinski definition) is 2. The molecule has 1 saturated heterocycles. The number of hydrogen-bond acceptors (Lipinski definition) is 3. The van der Waals surface area contributed by atoms with Gasteiger partial charge in [-0.15, -0.1) is 0 Å². The monoisotopic (exact) mass is 359 g/mol. The summed E-state index contributed by atoms with van der Waals surface area (Å²) in [6.45, 7) is 4.56. The minimum absolute atomic E-state index is 0.0366. The van der Waals surface area contributed by atoms with Crippen LogP contribution in [0.2, 0.25) is 0 Å². The highest BCUT2D eigenvalue weighted by Gasteiger charge is 2.34. The number of benzene rings is 1. The SMILES string of the molecule is CCOc1ccc(NC(=O)NCC2CCN(CC(F)(F)F)C2)c(C)c1. The summed E-state index contributed by atoms with van der Waals surface area (Å²) in [4.78, 5) is 13.4. The van der Waals surface area contributed by atoms with Crippen LogP contribution in [0.25, 0.3) is 0 Å². The molecule has 1 atom stereocenters. The van der Waals surface area contributed by atoms with Gasteiger partial charge in [0.15, 0.2) is 0 Å². The number of halogens is 3. The second kappa shape index (κ2) is 8.42. The van der Waals surface area contributed by atoms with Crippen molar-refractivity contribution in [3.63, 3.8) is 0 Å². The molecule has 0 radical (unpaired) electrons. The Morgan fingerprint density at radius 3 is 2.80 bits per heavy atom. The maximum atomic E-state index is 12.4. The molecule has 0 saturated carbocycles. The van der Waals surface area contributed by atoms with Crippen molar-refractivity contribution in [2.24, 2.45) is 5.92 Å². The van der Waals surface area contributed by atoms with E-state index in [9.17, 15) is 18.0 Å². The normalized spacial score (nSPS) is 18.2. The largest absolute Gasteiger partial charge is 0.494 e. The molecule has 2 rings (SSSR count). The highest BCUT2D eigenvalue weighted by Crippen LogP contribution is 2.23. The van der Waals surface area contributed by atoms with E-state index in [2.05, 4.69) is 10.6 Å². The molecule has 1 aliphatic rings. The number of urea groups is 1. The summed E-state index contributed by atoms with van der Waals surface area (Å²) in [5.41, 5.74) is 1.55. The van der Waals surface area contributed by atoms with E-state index >= 15 is 0 Å². The summed E-state index contributed by atoms with van der Waals surface area (Å²) < 4.78 is 42.5. The van der Waals surface area contributed by atoms with Crippen LogP contribution in [0.4, 0.5) is 23.7 Å². The van der Waals surface area contributed by atoms with E-state index < -0.39 is 12.7 Å². The van der Waals surface area contributed by atoms with Crippen LogP contribution in [0, 0.1) is 12.8 Å². The van der Waals surface area contributed by atoms with Gasteiger partial charge in [0.1, 0.15) is 5.75 Å². The molecule has 0 aromatic heterocycles. The quantitative estimate of drug-likeness (QED) is 0.819. The predicted molar refractivity (Wildman–Crippen MR) is 90.0 cm³/mol. The van der Waals surface area contributed by atoms with Gasteiger partial charge in [0, 0.05) is 18.8 Å². The predicted octanol–water partition coefficient (Wildman–Crippen LogP) is 3.40. The zero-order valence-corrected chi connectivity index (χ0v) is 14.4. The molecule has 2 N–H and O–H groups in total. The van der Waals surface area contributed by atoms with E-state index in [0.29, 0.717) is 38.3 Å². The number of carbonyl (C=O) groups excluding carboxylic acids is 1. The van der Waals surface area contributed by atoms with E-state index in [-0.39, 0.29) is 11.9 Å². The maximum Gasteiger partial charge on any atom is 0.401 e. The first-order valence-corrected chi connectivity index (χ1v) is 8.34. The van der Waals surface area contributed by atoms with Gasteiger partial charge in [-0.05, 0) is 56.5 Å². The van der Waals surface area contributed by atoms with Gasteiger partial charge >= 0.3 is 12.2 Å². The third-order valence-corrected chi connectivity index (χ3v) is 4.08. The van der Waals surface area contributed by atoms with Crippen LogP contribution >= 0.6 is 0 Å². The lowest BCUT2D eigenvalue weighted by Gasteiger charge is -2.18. The summed E-state index contributed by atoms with van der Waals surface area (Å²) in [6, 6.07) is 5.02. The number of aryl methyl sites for hydroxylation is 1. The van der Waals surface area contributed by atoms with Gasteiger partial charge in [-0.25, -0.2) is 4.79 Å². The topological polar surface area (TPSA) is 53.6 Å². The smallest absolute Gasteiger partial charge is 0.401 e. The van der Waals surface area contributed by atoms with Gasteiger partial charge in [0.2, 0.25) is 0 Å². The molecule has 0 bridgehead atoms. The van der Waals surface area contributed by atoms with Crippen LogP contribution in [0.5, 0.6) is 5.75 Å². The molecule has 140 valence electrons. The Balaban J connectivity index is 1.76. The van der Waals surface area contributed by atoms with E-state index in [1.807, 2.05) is 19.9 Å². The van der Waals surface area contributed by atoms with E-state index in [1.165, 1.54) is 4.90 Å². The van der Waals surface area contributed by atoms with Crippen LogP contribution in [-0.2, 0) is 0 Å². The molecule has 0 spiro atoms. The van der Waals surface area contributed by atoms with E-state index in [0.717, 1.165) is 11.3 Å². The molecular formula is C17H24F3N3O2. The van der Waals surface area contributed by atoms with Crippen molar-refractivity contribution in [2.45, 2.75) is 26.4 Å². The number of likely N-dealkylation sites (tertiary alicyclic amines) is 1. The summed E-state index contributed by atoms with van der Waals surface area (Å²) in [7, 11) is 0. The van der Waals surface area contributed by atoms with Crippen LogP contribution in [0.1, 0.15) is 18.9 Å². The van der Waals surface area contributed by atoms with Gasteiger partial charge in [-0.2, -0.15) is 13.2 Å². The molecule has 1 aliphatic heterocycles. The Hall–Kier alpha value is -1.96. The van der Waals surface area contributed by atoms with Crippen LogP contribution in [0.15, 0.2) is 18.2 Å². The van der Waals surface area contributed by atoms with Crippen molar-refractivity contribution in [2.75, 3.05) is 38.1 Å². The lowest BCUT2D eigenvalue weighted by Crippen LogP contribution is -2.36. The van der Waals surface area contributed by atoms with Crippen molar-refractivity contribution in [3.05, 3.63) is 23.8 Å². The minimum Gasteiger partial charge on any atom is -0.494 e. The third-order valence-electron chi connectivity index (χ3n) is 4.08. The van der Waals surface area contributed by atoms with Gasteiger partial charge in [-0.1, -0.05) is 0 Å². The van der Waals surface area contributed by atoms with Crippen LogP contribution in [0.3, 0.4) is 0 Å². The van der Waals surface area contributed by atoms with Crippen molar-refractivity contribution in [3.8, 4) is 5.75 Å². The van der Waals surface area contributed by atoms with Crippen molar-refractivity contribution >= 4 is 11.7 Å². The lowest BCUT2D eigenvalue weighted by atomic mass is 10.1. The fraction of sp³-hybridized carbons (Fsp3) is 0.588. The Labute approximate surface area is 145 Å². The first-order valence-electron chi connectivity index (χ1n) is 8.34. The molecule has 1 fully saturated rings. The standard InChI is InChI=1S/C17H24F3N3O2/c1-3-25-14-4-5-15(12(2)8-14)22-16(24)21-9-13-6-7-23(10-13)11-17(18,19)20/h4-5,8,13H,3,6-7,9-11H2,1-2H3,(H2,21,22,24). The Bertz CT molecular complexity index is 593. The fourth-order valence-corrected chi connectivity index (χ4v) is 2.91. The molecule has 0 aliphatic carbocycles. The fourth-order valence-electron chi connectivity index (χ4n) is 2.91. The number of nitrogens with one attached hydrogen (secondary N) is 2. The summed E-state index contributed by atoms with van der Waals surface area (Å²) in [5, 5.41) is 5.49. The molecule has 5 nitrogen and oxygen atoms in total.